The van der Waals surface area contributed by atoms with E-state index in [-0.39, 0.29) is 36.3 Å². The number of halogens is 4. The second-order valence-electron chi connectivity index (χ2n) is 5.59. The van der Waals surface area contributed by atoms with Gasteiger partial charge in [-0.2, -0.15) is 13.2 Å². The molecule has 1 rings (SSSR count). The van der Waals surface area contributed by atoms with E-state index in [9.17, 15) is 18.0 Å². The number of hydrogen-bond donors (Lipinski definition) is 1. The highest BCUT2D eigenvalue weighted by Gasteiger charge is 2.33. The van der Waals surface area contributed by atoms with E-state index in [4.69, 9.17) is 5.73 Å². The second-order valence-corrected chi connectivity index (χ2v) is 5.59. The summed E-state index contributed by atoms with van der Waals surface area (Å²) in [5.74, 6) is -0.0968. The Labute approximate surface area is 135 Å². The van der Waals surface area contributed by atoms with Gasteiger partial charge in [0.25, 0.3) is 0 Å². The molecular formula is C15H22ClF3N2O. The van der Waals surface area contributed by atoms with Crippen molar-refractivity contribution >= 4 is 18.3 Å². The van der Waals surface area contributed by atoms with Crippen LogP contribution >= 0.6 is 12.4 Å². The average Bonchev–Trinajstić information content (AvgIpc) is 2.36. The van der Waals surface area contributed by atoms with Crippen molar-refractivity contribution in [1.82, 2.24) is 4.90 Å². The van der Waals surface area contributed by atoms with E-state index in [2.05, 4.69) is 0 Å². The molecule has 0 aliphatic carbocycles. The monoisotopic (exact) mass is 338 g/mol. The minimum Gasteiger partial charge on any atom is -0.340 e. The molecule has 0 aromatic heterocycles. The fourth-order valence-corrected chi connectivity index (χ4v) is 2.16. The summed E-state index contributed by atoms with van der Waals surface area (Å²) < 4.78 is 38.7. The van der Waals surface area contributed by atoms with Gasteiger partial charge in [-0.25, -0.2) is 0 Å². The van der Waals surface area contributed by atoms with E-state index in [1.54, 1.807) is 0 Å². The maximum absolute atomic E-state index is 12.9. The number of nitrogens with two attached hydrogens (primary N) is 1. The van der Waals surface area contributed by atoms with Gasteiger partial charge in [0.1, 0.15) is 0 Å². The van der Waals surface area contributed by atoms with Crippen LogP contribution in [-0.2, 0) is 17.5 Å². The van der Waals surface area contributed by atoms with Gasteiger partial charge >= 0.3 is 6.18 Å². The highest BCUT2D eigenvalue weighted by Crippen LogP contribution is 2.32. The first-order valence-corrected chi connectivity index (χ1v) is 6.78. The van der Waals surface area contributed by atoms with Crippen LogP contribution in [0.15, 0.2) is 24.3 Å². The van der Waals surface area contributed by atoms with Crippen molar-refractivity contribution in [2.24, 2.45) is 11.7 Å². The van der Waals surface area contributed by atoms with Crippen molar-refractivity contribution in [1.29, 1.82) is 0 Å². The molecule has 1 amide bonds. The molecule has 1 atom stereocenters. The van der Waals surface area contributed by atoms with Crippen LogP contribution in [0.3, 0.4) is 0 Å². The van der Waals surface area contributed by atoms with Crippen molar-refractivity contribution in [3.05, 3.63) is 35.4 Å². The van der Waals surface area contributed by atoms with E-state index in [0.717, 1.165) is 6.07 Å². The zero-order valence-corrected chi connectivity index (χ0v) is 13.7. The Hall–Kier alpha value is -1.27. The molecule has 0 saturated heterocycles. The van der Waals surface area contributed by atoms with Crippen LogP contribution < -0.4 is 5.73 Å². The summed E-state index contributed by atoms with van der Waals surface area (Å²) >= 11 is 0. The summed E-state index contributed by atoms with van der Waals surface area (Å²) in [6.45, 7) is 3.76. The molecule has 126 valence electrons. The van der Waals surface area contributed by atoms with Crippen molar-refractivity contribution in [2.75, 3.05) is 7.05 Å². The smallest absolute Gasteiger partial charge is 0.340 e. The third-order valence-corrected chi connectivity index (χ3v) is 3.15. The number of amides is 1. The van der Waals surface area contributed by atoms with Crippen LogP contribution in [0, 0.1) is 5.92 Å². The molecule has 0 unspecified atom stereocenters. The number of rotatable bonds is 5. The lowest BCUT2D eigenvalue weighted by Crippen LogP contribution is -2.42. The molecule has 0 aliphatic heterocycles. The number of likely N-dealkylation sites (N-methyl/N-ethyl adjacent to an activating group) is 1. The third kappa shape index (κ3) is 5.85. The minimum atomic E-state index is -4.43. The number of benzene rings is 1. The first kappa shape index (κ1) is 20.7. The molecule has 1 aromatic carbocycles. The van der Waals surface area contributed by atoms with Crippen LogP contribution in [0.2, 0.25) is 0 Å². The van der Waals surface area contributed by atoms with E-state index in [0.29, 0.717) is 6.42 Å². The molecule has 0 bridgehead atoms. The Morgan fingerprint density at radius 1 is 1.27 bits per heavy atom. The molecule has 7 heteroatoms. The summed E-state index contributed by atoms with van der Waals surface area (Å²) in [4.78, 5) is 13.3. The second kappa shape index (κ2) is 8.39. The number of hydrogen-bond acceptors (Lipinski definition) is 2. The first-order chi connectivity index (χ1) is 9.62. The zero-order valence-electron chi connectivity index (χ0n) is 12.9. The minimum absolute atomic E-state index is 0. The van der Waals surface area contributed by atoms with Crippen LogP contribution in [0.4, 0.5) is 13.2 Å². The fraction of sp³-hybridized carbons (Fsp3) is 0.533. The molecular weight excluding hydrogens is 317 g/mol. The van der Waals surface area contributed by atoms with Gasteiger partial charge in [0.15, 0.2) is 0 Å². The number of alkyl halides is 3. The molecule has 0 aliphatic rings. The maximum atomic E-state index is 12.9. The highest BCUT2D eigenvalue weighted by atomic mass is 35.5. The Morgan fingerprint density at radius 2 is 1.82 bits per heavy atom. The van der Waals surface area contributed by atoms with Gasteiger partial charge in [-0.15, -0.1) is 12.4 Å². The van der Waals surface area contributed by atoms with Crippen molar-refractivity contribution < 1.29 is 18.0 Å². The number of carbonyl (C=O) groups excluding carboxylic acids is 1. The van der Waals surface area contributed by atoms with Crippen molar-refractivity contribution in [2.45, 2.75) is 39.0 Å². The Morgan fingerprint density at radius 3 is 2.32 bits per heavy atom. The van der Waals surface area contributed by atoms with Gasteiger partial charge in [0.05, 0.1) is 11.6 Å². The average molecular weight is 339 g/mol. The highest BCUT2D eigenvalue weighted by molar-refractivity contribution is 5.85. The topological polar surface area (TPSA) is 46.3 Å². The SMILES string of the molecule is CC(C)C[C@H](N)C(=O)N(C)Cc1ccccc1C(F)(F)F.Cl. The molecule has 1 aromatic rings. The molecule has 0 heterocycles. The molecule has 22 heavy (non-hydrogen) atoms. The lowest BCUT2D eigenvalue weighted by atomic mass is 10.0. The summed E-state index contributed by atoms with van der Waals surface area (Å²) in [5.41, 5.74) is 5.13. The third-order valence-electron chi connectivity index (χ3n) is 3.15. The number of nitrogens with zero attached hydrogens (tertiary/aromatic N) is 1. The van der Waals surface area contributed by atoms with E-state index in [1.807, 2.05) is 13.8 Å². The molecule has 2 N–H and O–H groups in total. The predicted octanol–water partition coefficient (Wildman–Crippen LogP) is 3.46. The fourth-order valence-electron chi connectivity index (χ4n) is 2.16. The van der Waals surface area contributed by atoms with Crippen LogP contribution in [0.5, 0.6) is 0 Å². The van der Waals surface area contributed by atoms with Gasteiger partial charge < -0.3 is 10.6 Å². The summed E-state index contributed by atoms with van der Waals surface area (Å²) in [6.07, 6.45) is -3.93. The lowest BCUT2D eigenvalue weighted by Gasteiger charge is -2.24. The van der Waals surface area contributed by atoms with E-state index < -0.39 is 17.8 Å². The quantitative estimate of drug-likeness (QED) is 0.893. The summed E-state index contributed by atoms with van der Waals surface area (Å²) in [7, 11) is 1.47. The van der Waals surface area contributed by atoms with Crippen molar-refractivity contribution in [3.8, 4) is 0 Å². The number of carbonyl (C=O) groups is 1. The van der Waals surface area contributed by atoms with Gasteiger partial charge in [0.2, 0.25) is 5.91 Å². The van der Waals surface area contributed by atoms with Crippen LogP contribution in [0.1, 0.15) is 31.4 Å². The zero-order chi connectivity index (χ0) is 16.2. The van der Waals surface area contributed by atoms with Crippen molar-refractivity contribution in [3.63, 3.8) is 0 Å². The Bertz CT molecular complexity index is 492. The largest absolute Gasteiger partial charge is 0.416 e. The summed E-state index contributed by atoms with van der Waals surface area (Å²) in [5, 5.41) is 0. The summed E-state index contributed by atoms with van der Waals surface area (Å²) in [6, 6.07) is 4.56. The van der Waals surface area contributed by atoms with Crippen LogP contribution in [-0.4, -0.2) is 23.9 Å². The van der Waals surface area contributed by atoms with Gasteiger partial charge in [-0.3, -0.25) is 4.79 Å². The van der Waals surface area contributed by atoms with Gasteiger partial charge in [0, 0.05) is 13.6 Å². The Balaban J connectivity index is 0.00000441. The Kier molecular flexibility index (Phi) is 7.90. The molecule has 0 radical (unpaired) electrons. The maximum Gasteiger partial charge on any atom is 0.416 e. The predicted molar refractivity (Wildman–Crippen MR) is 82.6 cm³/mol. The molecule has 0 saturated carbocycles. The first-order valence-electron chi connectivity index (χ1n) is 6.78. The molecule has 0 spiro atoms. The lowest BCUT2D eigenvalue weighted by molar-refractivity contribution is -0.139. The van der Waals surface area contributed by atoms with Gasteiger partial charge in [-0.05, 0) is 24.0 Å². The van der Waals surface area contributed by atoms with E-state index >= 15 is 0 Å². The standard InChI is InChI=1S/C15H21F3N2O.ClH/c1-10(2)8-13(19)14(21)20(3)9-11-6-4-5-7-12(11)15(16,17)18;/h4-7,10,13H,8-9,19H2,1-3H3;1H/t13-;/m0./s1. The molecule has 3 nitrogen and oxygen atoms in total. The normalized spacial score (nSPS) is 12.7. The van der Waals surface area contributed by atoms with Crippen LogP contribution in [0.25, 0.3) is 0 Å². The molecule has 0 fully saturated rings. The van der Waals surface area contributed by atoms with E-state index in [1.165, 1.54) is 30.1 Å². The van der Waals surface area contributed by atoms with Gasteiger partial charge in [-0.1, -0.05) is 32.0 Å².